The number of halogens is 1. The molecule has 1 fully saturated rings. The fraction of sp³-hybridized carbons (Fsp3) is 0.409. The lowest BCUT2D eigenvalue weighted by Gasteiger charge is -2.34. The van der Waals surface area contributed by atoms with E-state index in [1.54, 1.807) is 29.1 Å². The molecule has 0 spiro atoms. The molecule has 1 atom stereocenters. The maximum absolute atomic E-state index is 13.3. The normalized spacial score (nSPS) is 16.9. The predicted molar refractivity (Wildman–Crippen MR) is 105 cm³/mol. The third kappa shape index (κ3) is 4.94. The zero-order valence-electron chi connectivity index (χ0n) is 16.4. The number of amides is 2. The van der Waals surface area contributed by atoms with Crippen LogP contribution in [0.4, 0.5) is 4.39 Å². The Bertz CT molecular complexity index is 855. The lowest BCUT2D eigenvalue weighted by atomic mass is 9.95. The summed E-state index contributed by atoms with van der Waals surface area (Å²) in [5.41, 5.74) is 2.79. The number of aryl methyl sites for hydroxylation is 1. The summed E-state index contributed by atoms with van der Waals surface area (Å²) in [6.45, 7) is 3.35. The predicted octanol–water partition coefficient (Wildman–Crippen LogP) is 2.97. The van der Waals surface area contributed by atoms with Crippen LogP contribution in [-0.2, 0) is 22.6 Å². The molecule has 5 nitrogen and oxygen atoms in total. The smallest absolute Gasteiger partial charge is 0.227 e. The second-order valence-electron chi connectivity index (χ2n) is 7.42. The minimum atomic E-state index is -0.276. The maximum Gasteiger partial charge on any atom is 0.227 e. The van der Waals surface area contributed by atoms with Gasteiger partial charge in [0.2, 0.25) is 11.8 Å². The second-order valence-corrected chi connectivity index (χ2v) is 7.42. The molecule has 0 bridgehead atoms. The highest BCUT2D eigenvalue weighted by Gasteiger charge is 2.31. The average molecular weight is 383 g/mol. The number of aromatic nitrogens is 1. The molecule has 1 saturated heterocycles. The van der Waals surface area contributed by atoms with Crippen LogP contribution in [-0.4, -0.2) is 46.7 Å². The number of rotatable bonds is 6. The summed E-state index contributed by atoms with van der Waals surface area (Å²) in [7, 11) is 1.78. The van der Waals surface area contributed by atoms with Crippen LogP contribution in [0.25, 0.3) is 0 Å². The number of piperidine rings is 1. The highest BCUT2D eigenvalue weighted by atomic mass is 19.1. The van der Waals surface area contributed by atoms with Crippen molar-refractivity contribution in [3.8, 4) is 0 Å². The van der Waals surface area contributed by atoms with Gasteiger partial charge in [0, 0.05) is 32.8 Å². The van der Waals surface area contributed by atoms with E-state index in [1.165, 1.54) is 12.1 Å². The number of likely N-dealkylation sites (tertiary alicyclic amines) is 1. The molecule has 0 N–H and O–H groups in total. The Kier molecular flexibility index (Phi) is 6.39. The SMILES string of the molecule is Cc1cccnc1CN(C)C(=O)[C@H]1CCC(=O)N(CCc2cccc(F)c2)C1. The fourth-order valence-corrected chi connectivity index (χ4v) is 3.59. The van der Waals surface area contributed by atoms with Gasteiger partial charge in [-0.05, 0) is 49.1 Å². The van der Waals surface area contributed by atoms with E-state index in [2.05, 4.69) is 4.98 Å². The molecule has 2 heterocycles. The monoisotopic (exact) mass is 383 g/mol. The molecule has 2 amide bonds. The van der Waals surface area contributed by atoms with Crippen LogP contribution in [0, 0.1) is 18.7 Å². The Morgan fingerprint density at radius 1 is 1.32 bits per heavy atom. The first kappa shape index (κ1) is 20.0. The molecule has 2 aromatic rings. The van der Waals surface area contributed by atoms with Crippen molar-refractivity contribution in [1.29, 1.82) is 0 Å². The Morgan fingerprint density at radius 2 is 2.14 bits per heavy atom. The number of nitrogens with zero attached hydrogens (tertiary/aromatic N) is 3. The van der Waals surface area contributed by atoms with E-state index in [4.69, 9.17) is 0 Å². The molecule has 6 heteroatoms. The Balaban J connectivity index is 1.58. The number of hydrogen-bond acceptors (Lipinski definition) is 3. The van der Waals surface area contributed by atoms with Gasteiger partial charge in [-0.3, -0.25) is 14.6 Å². The van der Waals surface area contributed by atoms with Gasteiger partial charge in [-0.2, -0.15) is 0 Å². The molecule has 0 aliphatic carbocycles. The van der Waals surface area contributed by atoms with Crippen molar-refractivity contribution in [3.63, 3.8) is 0 Å². The molecule has 0 radical (unpaired) electrons. The quantitative estimate of drug-likeness (QED) is 0.771. The molecule has 0 saturated carbocycles. The van der Waals surface area contributed by atoms with Gasteiger partial charge in [0.15, 0.2) is 0 Å². The second kappa shape index (κ2) is 8.95. The number of carbonyl (C=O) groups excluding carboxylic acids is 2. The summed E-state index contributed by atoms with van der Waals surface area (Å²) in [6, 6.07) is 10.3. The van der Waals surface area contributed by atoms with Crippen molar-refractivity contribution in [2.24, 2.45) is 5.92 Å². The van der Waals surface area contributed by atoms with Crippen molar-refractivity contribution in [1.82, 2.24) is 14.8 Å². The molecular formula is C22H26FN3O2. The van der Waals surface area contributed by atoms with E-state index in [9.17, 15) is 14.0 Å². The summed E-state index contributed by atoms with van der Waals surface area (Å²) in [5, 5.41) is 0. The van der Waals surface area contributed by atoms with Gasteiger partial charge in [-0.15, -0.1) is 0 Å². The van der Waals surface area contributed by atoms with Crippen molar-refractivity contribution >= 4 is 11.8 Å². The van der Waals surface area contributed by atoms with E-state index in [-0.39, 0.29) is 23.5 Å². The van der Waals surface area contributed by atoms with Crippen LogP contribution in [0.15, 0.2) is 42.6 Å². The zero-order valence-corrected chi connectivity index (χ0v) is 16.4. The van der Waals surface area contributed by atoms with Crippen LogP contribution >= 0.6 is 0 Å². The van der Waals surface area contributed by atoms with E-state index in [0.29, 0.717) is 38.9 Å². The largest absolute Gasteiger partial charge is 0.342 e. The molecule has 148 valence electrons. The lowest BCUT2D eigenvalue weighted by Crippen LogP contribution is -2.46. The Hall–Kier alpha value is -2.76. The molecular weight excluding hydrogens is 357 g/mol. The standard InChI is InChI=1S/C22H26FN3O2/c1-16-5-4-11-24-20(16)15-25(2)22(28)18-8-9-21(27)26(14-18)12-10-17-6-3-7-19(23)13-17/h3-7,11,13,18H,8-10,12,14-15H2,1-2H3/t18-/m0/s1. The number of pyridine rings is 1. The lowest BCUT2D eigenvalue weighted by molar-refractivity contribution is -0.142. The van der Waals surface area contributed by atoms with Gasteiger partial charge in [-0.25, -0.2) is 4.39 Å². The van der Waals surface area contributed by atoms with Gasteiger partial charge in [0.25, 0.3) is 0 Å². The topological polar surface area (TPSA) is 53.5 Å². The van der Waals surface area contributed by atoms with Gasteiger partial charge < -0.3 is 9.80 Å². The molecule has 1 aliphatic rings. The highest BCUT2D eigenvalue weighted by Crippen LogP contribution is 2.21. The Morgan fingerprint density at radius 3 is 2.89 bits per heavy atom. The molecule has 1 aromatic carbocycles. The first-order chi connectivity index (χ1) is 13.4. The summed E-state index contributed by atoms with van der Waals surface area (Å²) in [6.07, 6.45) is 3.25. The number of hydrogen-bond donors (Lipinski definition) is 0. The molecule has 1 aromatic heterocycles. The van der Waals surface area contributed by atoms with Crippen LogP contribution < -0.4 is 0 Å². The number of benzene rings is 1. The zero-order chi connectivity index (χ0) is 20.1. The summed E-state index contributed by atoms with van der Waals surface area (Å²) >= 11 is 0. The molecule has 3 rings (SSSR count). The molecule has 28 heavy (non-hydrogen) atoms. The summed E-state index contributed by atoms with van der Waals surface area (Å²) in [5.74, 6) is -0.391. The average Bonchev–Trinajstić information content (AvgIpc) is 2.68. The van der Waals surface area contributed by atoms with Crippen molar-refractivity contribution in [3.05, 3.63) is 65.2 Å². The van der Waals surface area contributed by atoms with E-state index in [1.807, 2.05) is 25.1 Å². The fourth-order valence-electron chi connectivity index (χ4n) is 3.59. The van der Waals surface area contributed by atoms with Gasteiger partial charge >= 0.3 is 0 Å². The van der Waals surface area contributed by atoms with Crippen LogP contribution in [0.2, 0.25) is 0 Å². The van der Waals surface area contributed by atoms with E-state index in [0.717, 1.165) is 16.8 Å². The minimum absolute atomic E-state index is 0.0355. The Labute approximate surface area is 165 Å². The summed E-state index contributed by atoms with van der Waals surface area (Å²) in [4.78, 5) is 33.0. The van der Waals surface area contributed by atoms with Crippen LogP contribution in [0.3, 0.4) is 0 Å². The van der Waals surface area contributed by atoms with Crippen molar-refractivity contribution < 1.29 is 14.0 Å². The van der Waals surface area contributed by atoms with Crippen molar-refractivity contribution in [2.75, 3.05) is 20.1 Å². The summed E-state index contributed by atoms with van der Waals surface area (Å²) < 4.78 is 13.3. The van der Waals surface area contributed by atoms with E-state index >= 15 is 0 Å². The van der Waals surface area contributed by atoms with Crippen LogP contribution in [0.1, 0.15) is 29.7 Å². The van der Waals surface area contributed by atoms with Gasteiger partial charge in [0.1, 0.15) is 5.82 Å². The number of carbonyl (C=O) groups is 2. The van der Waals surface area contributed by atoms with Gasteiger partial charge in [-0.1, -0.05) is 18.2 Å². The molecule has 0 unspecified atom stereocenters. The molecule has 1 aliphatic heterocycles. The van der Waals surface area contributed by atoms with Gasteiger partial charge in [0.05, 0.1) is 18.2 Å². The van der Waals surface area contributed by atoms with Crippen LogP contribution in [0.5, 0.6) is 0 Å². The highest BCUT2D eigenvalue weighted by molar-refractivity contribution is 5.83. The third-order valence-electron chi connectivity index (χ3n) is 5.29. The first-order valence-electron chi connectivity index (χ1n) is 9.61. The first-order valence-corrected chi connectivity index (χ1v) is 9.61. The third-order valence-corrected chi connectivity index (χ3v) is 5.29. The minimum Gasteiger partial charge on any atom is -0.342 e. The maximum atomic E-state index is 13.3. The van der Waals surface area contributed by atoms with Crippen molar-refractivity contribution in [2.45, 2.75) is 32.7 Å². The van der Waals surface area contributed by atoms with E-state index < -0.39 is 0 Å².